The highest BCUT2D eigenvalue weighted by Gasteiger charge is 2.37. The van der Waals surface area contributed by atoms with Crippen LogP contribution in [0, 0.1) is 12.8 Å². The first-order valence-corrected chi connectivity index (χ1v) is 11.8. The number of carbonyl (C=O) groups is 2. The number of hydrogen-bond donors (Lipinski definition) is 1. The lowest BCUT2D eigenvalue weighted by molar-refractivity contribution is -0.136. The molecule has 33 heavy (non-hydrogen) atoms. The highest BCUT2D eigenvalue weighted by molar-refractivity contribution is 5.89. The molecule has 2 aliphatic heterocycles. The minimum atomic E-state index is -0.225. The van der Waals surface area contributed by atoms with Gasteiger partial charge in [0.05, 0.1) is 13.0 Å². The number of amides is 2. The first kappa shape index (κ1) is 21.6. The summed E-state index contributed by atoms with van der Waals surface area (Å²) in [6, 6.07) is 14.3. The molecule has 2 aliphatic rings. The number of ether oxygens (including phenoxy) is 1. The van der Waals surface area contributed by atoms with Gasteiger partial charge in [0.2, 0.25) is 11.8 Å². The monoisotopic (exact) mass is 445 g/mol. The SMILES string of the molecule is COc1ccc2[nH]cc(C3CCN(C(=O)C4CC(=O)N(Cc5ccc(C)cc5)C4)CC3)c2c1. The number of carbonyl (C=O) groups excluding carboxylic acids is 2. The van der Waals surface area contributed by atoms with Crippen molar-refractivity contribution in [2.24, 2.45) is 5.92 Å². The van der Waals surface area contributed by atoms with E-state index in [1.165, 1.54) is 16.5 Å². The highest BCUT2D eigenvalue weighted by Crippen LogP contribution is 2.35. The number of aromatic nitrogens is 1. The van der Waals surface area contributed by atoms with E-state index in [1.807, 2.05) is 15.9 Å². The Morgan fingerprint density at radius 3 is 2.61 bits per heavy atom. The Labute approximate surface area is 194 Å². The maximum atomic E-state index is 13.2. The highest BCUT2D eigenvalue weighted by atomic mass is 16.5. The van der Waals surface area contributed by atoms with Gasteiger partial charge in [0.25, 0.3) is 0 Å². The summed E-state index contributed by atoms with van der Waals surface area (Å²) in [5.74, 6) is 1.26. The third-order valence-corrected chi connectivity index (χ3v) is 7.23. The molecule has 0 spiro atoms. The second-order valence-electron chi connectivity index (χ2n) is 9.42. The van der Waals surface area contributed by atoms with Gasteiger partial charge in [-0.25, -0.2) is 0 Å². The molecule has 3 heterocycles. The van der Waals surface area contributed by atoms with Gasteiger partial charge in [-0.1, -0.05) is 29.8 Å². The van der Waals surface area contributed by atoms with Crippen LogP contribution in [-0.2, 0) is 16.1 Å². The average Bonchev–Trinajstić information content (AvgIpc) is 3.43. The van der Waals surface area contributed by atoms with Crippen molar-refractivity contribution in [3.8, 4) is 5.75 Å². The van der Waals surface area contributed by atoms with Crippen molar-refractivity contribution in [2.75, 3.05) is 26.7 Å². The molecular weight excluding hydrogens is 414 g/mol. The molecule has 2 fully saturated rings. The number of piperidine rings is 1. The second kappa shape index (κ2) is 8.93. The van der Waals surface area contributed by atoms with E-state index >= 15 is 0 Å². The molecular formula is C27H31N3O3. The van der Waals surface area contributed by atoms with Gasteiger partial charge in [0.15, 0.2) is 0 Å². The summed E-state index contributed by atoms with van der Waals surface area (Å²) in [7, 11) is 1.69. The van der Waals surface area contributed by atoms with E-state index in [-0.39, 0.29) is 17.7 Å². The molecule has 6 heteroatoms. The molecule has 1 unspecified atom stereocenters. The fraction of sp³-hybridized carbons (Fsp3) is 0.407. The molecule has 1 N–H and O–H groups in total. The number of methoxy groups -OCH3 is 1. The average molecular weight is 446 g/mol. The van der Waals surface area contributed by atoms with Crippen LogP contribution in [0.1, 0.15) is 41.9 Å². The maximum absolute atomic E-state index is 13.2. The first-order valence-electron chi connectivity index (χ1n) is 11.8. The number of benzene rings is 2. The predicted molar refractivity (Wildman–Crippen MR) is 128 cm³/mol. The zero-order valence-electron chi connectivity index (χ0n) is 19.3. The first-order chi connectivity index (χ1) is 16.0. The zero-order chi connectivity index (χ0) is 22.9. The molecule has 172 valence electrons. The third kappa shape index (κ3) is 4.34. The van der Waals surface area contributed by atoms with Gasteiger partial charge in [-0.2, -0.15) is 0 Å². The number of H-pyrrole nitrogens is 1. The Hall–Kier alpha value is -3.28. The summed E-state index contributed by atoms with van der Waals surface area (Å²) in [4.78, 5) is 32.9. The summed E-state index contributed by atoms with van der Waals surface area (Å²) in [5.41, 5.74) is 4.73. The van der Waals surface area contributed by atoms with Crippen molar-refractivity contribution in [3.63, 3.8) is 0 Å². The maximum Gasteiger partial charge on any atom is 0.227 e. The van der Waals surface area contributed by atoms with Crippen LogP contribution in [0.5, 0.6) is 5.75 Å². The van der Waals surface area contributed by atoms with Gasteiger partial charge in [-0.05, 0) is 55.0 Å². The fourth-order valence-electron chi connectivity index (χ4n) is 5.26. The predicted octanol–water partition coefficient (Wildman–Crippen LogP) is 4.24. The van der Waals surface area contributed by atoms with Crippen molar-refractivity contribution in [3.05, 3.63) is 65.4 Å². The molecule has 2 amide bonds. The van der Waals surface area contributed by atoms with Crippen LogP contribution in [-0.4, -0.2) is 53.3 Å². The van der Waals surface area contributed by atoms with Crippen LogP contribution in [0.3, 0.4) is 0 Å². The largest absolute Gasteiger partial charge is 0.497 e. The Morgan fingerprint density at radius 2 is 1.88 bits per heavy atom. The van der Waals surface area contributed by atoms with Crippen LogP contribution in [0.2, 0.25) is 0 Å². The molecule has 1 aromatic heterocycles. The van der Waals surface area contributed by atoms with E-state index in [0.29, 0.717) is 25.4 Å². The topological polar surface area (TPSA) is 65.6 Å². The second-order valence-corrected chi connectivity index (χ2v) is 9.42. The van der Waals surface area contributed by atoms with Crippen LogP contribution in [0.15, 0.2) is 48.7 Å². The summed E-state index contributed by atoms with van der Waals surface area (Å²) in [5, 5.41) is 1.20. The summed E-state index contributed by atoms with van der Waals surface area (Å²) < 4.78 is 5.40. The van der Waals surface area contributed by atoms with E-state index in [0.717, 1.165) is 42.8 Å². The molecule has 1 atom stereocenters. The van der Waals surface area contributed by atoms with Crippen molar-refractivity contribution in [2.45, 2.75) is 38.6 Å². The van der Waals surface area contributed by atoms with Gasteiger partial charge in [-0.15, -0.1) is 0 Å². The lowest BCUT2D eigenvalue weighted by atomic mass is 9.88. The molecule has 5 rings (SSSR count). The Kier molecular flexibility index (Phi) is 5.83. The Morgan fingerprint density at radius 1 is 1.12 bits per heavy atom. The number of aryl methyl sites for hydroxylation is 1. The smallest absolute Gasteiger partial charge is 0.227 e. The zero-order valence-corrected chi connectivity index (χ0v) is 19.3. The molecule has 0 saturated carbocycles. The number of hydrogen-bond acceptors (Lipinski definition) is 3. The number of rotatable bonds is 5. The number of aromatic amines is 1. The lowest BCUT2D eigenvalue weighted by Gasteiger charge is -2.33. The molecule has 0 bridgehead atoms. The van der Waals surface area contributed by atoms with Crippen LogP contribution < -0.4 is 4.74 Å². The van der Waals surface area contributed by atoms with Gasteiger partial charge in [-0.3, -0.25) is 9.59 Å². The van der Waals surface area contributed by atoms with Crippen molar-refractivity contribution < 1.29 is 14.3 Å². The van der Waals surface area contributed by atoms with E-state index in [1.54, 1.807) is 7.11 Å². The van der Waals surface area contributed by atoms with E-state index < -0.39 is 0 Å². The standard InChI is InChI=1S/C27H31N3O3/c1-18-3-5-19(6-4-18)16-30-17-21(13-26(30)31)27(32)29-11-9-20(10-12-29)24-15-28-25-8-7-22(33-2)14-23(24)25/h3-8,14-15,20-21,28H,9-13,16-17H2,1-2H3. The van der Waals surface area contributed by atoms with Gasteiger partial charge in [0.1, 0.15) is 5.75 Å². The minimum Gasteiger partial charge on any atom is -0.497 e. The van der Waals surface area contributed by atoms with Crippen molar-refractivity contribution in [1.29, 1.82) is 0 Å². The van der Waals surface area contributed by atoms with Crippen LogP contribution in [0.25, 0.3) is 10.9 Å². The van der Waals surface area contributed by atoms with Gasteiger partial charge < -0.3 is 19.5 Å². The number of nitrogens with zero attached hydrogens (tertiary/aromatic N) is 2. The molecule has 2 saturated heterocycles. The molecule has 6 nitrogen and oxygen atoms in total. The van der Waals surface area contributed by atoms with E-state index in [2.05, 4.69) is 54.5 Å². The lowest BCUT2D eigenvalue weighted by Crippen LogP contribution is -2.42. The van der Waals surface area contributed by atoms with Crippen molar-refractivity contribution >= 4 is 22.7 Å². The van der Waals surface area contributed by atoms with E-state index in [9.17, 15) is 9.59 Å². The van der Waals surface area contributed by atoms with Gasteiger partial charge in [0, 0.05) is 49.7 Å². The molecule has 0 aliphatic carbocycles. The number of likely N-dealkylation sites (tertiary alicyclic amines) is 2. The van der Waals surface area contributed by atoms with Crippen molar-refractivity contribution in [1.82, 2.24) is 14.8 Å². The normalized spacial score (nSPS) is 19.5. The van der Waals surface area contributed by atoms with Crippen LogP contribution >= 0.6 is 0 Å². The summed E-state index contributed by atoms with van der Waals surface area (Å²) >= 11 is 0. The summed E-state index contributed by atoms with van der Waals surface area (Å²) in [6.07, 6.45) is 4.30. The van der Waals surface area contributed by atoms with Gasteiger partial charge >= 0.3 is 0 Å². The Bertz CT molecular complexity index is 1160. The quantitative estimate of drug-likeness (QED) is 0.639. The van der Waals surface area contributed by atoms with E-state index in [4.69, 9.17) is 4.74 Å². The molecule has 2 aromatic carbocycles. The molecule has 3 aromatic rings. The Balaban J connectivity index is 1.19. The fourth-order valence-corrected chi connectivity index (χ4v) is 5.26. The minimum absolute atomic E-state index is 0.0801. The van der Waals surface area contributed by atoms with Crippen LogP contribution in [0.4, 0.5) is 0 Å². The number of nitrogens with one attached hydrogen (secondary N) is 1. The molecule has 0 radical (unpaired) electrons. The number of fused-ring (bicyclic) bond motifs is 1. The third-order valence-electron chi connectivity index (χ3n) is 7.23. The summed E-state index contributed by atoms with van der Waals surface area (Å²) in [6.45, 7) is 4.63.